The molecule has 5 nitrogen and oxygen atoms in total. The van der Waals surface area contributed by atoms with Crippen molar-refractivity contribution in [2.45, 2.75) is 32.0 Å². The minimum absolute atomic E-state index is 0.00982. The molecular weight excluding hydrogens is 329 g/mol. The maximum absolute atomic E-state index is 12.6. The molecule has 0 amide bonds. The van der Waals surface area contributed by atoms with Crippen molar-refractivity contribution in [1.29, 1.82) is 0 Å². The predicted octanol–water partition coefficient (Wildman–Crippen LogP) is 3.31. The third-order valence-electron chi connectivity index (χ3n) is 3.52. The molecule has 0 saturated carbocycles. The number of hydrogen-bond acceptors (Lipinski definition) is 6. The number of nitrogens with zero attached hydrogens (tertiary/aromatic N) is 4. The summed E-state index contributed by atoms with van der Waals surface area (Å²) in [6, 6.07) is 0. The van der Waals surface area contributed by atoms with E-state index in [1.54, 1.807) is 12.4 Å². The van der Waals surface area contributed by atoms with Crippen molar-refractivity contribution in [3.63, 3.8) is 0 Å². The van der Waals surface area contributed by atoms with Crippen LogP contribution in [0.5, 0.6) is 5.88 Å². The first-order valence-corrected chi connectivity index (χ1v) is 8.03. The van der Waals surface area contributed by atoms with E-state index < -0.39 is 11.9 Å². The number of ether oxygens (including phenoxy) is 1. The lowest BCUT2D eigenvalue weighted by Gasteiger charge is -2.31. The van der Waals surface area contributed by atoms with Crippen LogP contribution in [0.15, 0.2) is 17.8 Å². The van der Waals surface area contributed by atoms with Crippen molar-refractivity contribution in [2.75, 3.05) is 18.0 Å². The van der Waals surface area contributed by atoms with E-state index in [1.165, 1.54) is 0 Å². The number of thiazole rings is 1. The standard InChI is InChI=1S/C14H15F3N4OS/c1-9-6-18-7-12(19-9)22-10-2-4-21(5-3-10)13-20-11(8-23-13)14(15,16)17/h6-8,10H,2-5H2,1H3. The zero-order valence-corrected chi connectivity index (χ0v) is 13.2. The molecule has 124 valence electrons. The van der Waals surface area contributed by atoms with Crippen molar-refractivity contribution < 1.29 is 17.9 Å². The van der Waals surface area contributed by atoms with E-state index in [2.05, 4.69) is 15.0 Å². The SMILES string of the molecule is Cc1cncc(OC2CCN(c3nc(C(F)(F)F)cs3)CC2)n1. The molecule has 0 bridgehead atoms. The number of halogens is 3. The molecule has 23 heavy (non-hydrogen) atoms. The van der Waals surface area contributed by atoms with Gasteiger partial charge in [0.05, 0.1) is 11.9 Å². The fourth-order valence-corrected chi connectivity index (χ4v) is 3.26. The van der Waals surface area contributed by atoms with E-state index in [9.17, 15) is 13.2 Å². The Bertz CT molecular complexity index is 668. The molecule has 0 aromatic carbocycles. The molecule has 0 radical (unpaired) electrons. The molecule has 2 aromatic heterocycles. The van der Waals surface area contributed by atoms with Crippen molar-refractivity contribution >= 4 is 16.5 Å². The summed E-state index contributed by atoms with van der Waals surface area (Å²) in [6.07, 6.45) is 0.225. The van der Waals surface area contributed by atoms with Crippen LogP contribution in [0.3, 0.4) is 0 Å². The monoisotopic (exact) mass is 344 g/mol. The molecule has 1 aliphatic heterocycles. The Balaban J connectivity index is 1.57. The number of hydrogen-bond donors (Lipinski definition) is 0. The summed E-state index contributed by atoms with van der Waals surface area (Å²) >= 11 is 1.02. The number of anilines is 1. The molecule has 0 aliphatic carbocycles. The van der Waals surface area contributed by atoms with Crippen LogP contribution in [0.2, 0.25) is 0 Å². The second-order valence-electron chi connectivity index (χ2n) is 5.32. The summed E-state index contributed by atoms with van der Waals surface area (Å²) < 4.78 is 43.6. The summed E-state index contributed by atoms with van der Waals surface area (Å²) in [4.78, 5) is 13.8. The Morgan fingerprint density at radius 2 is 1.96 bits per heavy atom. The summed E-state index contributed by atoms with van der Waals surface area (Å²) in [5.41, 5.74) is -0.0479. The Morgan fingerprint density at radius 3 is 2.57 bits per heavy atom. The maximum Gasteiger partial charge on any atom is 0.434 e. The fourth-order valence-electron chi connectivity index (χ4n) is 2.37. The van der Waals surface area contributed by atoms with Crippen LogP contribution in [-0.2, 0) is 6.18 Å². The van der Waals surface area contributed by atoms with Gasteiger partial charge in [0.15, 0.2) is 10.8 Å². The van der Waals surface area contributed by atoms with Gasteiger partial charge in [-0.25, -0.2) is 9.97 Å². The normalized spacial score (nSPS) is 16.6. The van der Waals surface area contributed by atoms with Crippen molar-refractivity contribution in [3.05, 3.63) is 29.2 Å². The lowest BCUT2D eigenvalue weighted by molar-refractivity contribution is -0.140. The van der Waals surface area contributed by atoms with E-state index in [0.717, 1.165) is 22.4 Å². The average molecular weight is 344 g/mol. The third kappa shape index (κ3) is 3.90. The van der Waals surface area contributed by atoms with Gasteiger partial charge in [0.1, 0.15) is 6.10 Å². The van der Waals surface area contributed by atoms with Crippen LogP contribution >= 0.6 is 11.3 Å². The molecule has 1 aliphatic rings. The Labute approximate surface area is 135 Å². The summed E-state index contributed by atoms with van der Waals surface area (Å²) in [6.45, 7) is 3.05. The zero-order valence-electron chi connectivity index (χ0n) is 12.4. The molecule has 3 rings (SSSR count). The minimum Gasteiger partial charge on any atom is -0.473 e. The second kappa shape index (κ2) is 6.31. The van der Waals surface area contributed by atoms with Gasteiger partial charge in [-0.05, 0) is 6.92 Å². The highest BCUT2D eigenvalue weighted by Crippen LogP contribution is 2.33. The lowest BCUT2D eigenvalue weighted by Crippen LogP contribution is -2.38. The lowest BCUT2D eigenvalue weighted by atomic mass is 10.1. The van der Waals surface area contributed by atoms with Gasteiger partial charge in [-0.1, -0.05) is 0 Å². The Morgan fingerprint density at radius 1 is 1.22 bits per heavy atom. The molecule has 9 heteroatoms. The first-order valence-electron chi connectivity index (χ1n) is 7.15. The number of aromatic nitrogens is 3. The van der Waals surface area contributed by atoms with Gasteiger partial charge in [-0.2, -0.15) is 13.2 Å². The minimum atomic E-state index is -4.39. The van der Waals surface area contributed by atoms with Crippen LogP contribution in [0.25, 0.3) is 0 Å². The molecule has 1 fully saturated rings. The topological polar surface area (TPSA) is 51.1 Å². The smallest absolute Gasteiger partial charge is 0.434 e. The average Bonchev–Trinajstić information content (AvgIpc) is 2.98. The highest BCUT2D eigenvalue weighted by atomic mass is 32.1. The fraction of sp³-hybridized carbons (Fsp3) is 0.500. The van der Waals surface area contributed by atoms with Crippen LogP contribution in [-0.4, -0.2) is 34.1 Å². The molecule has 2 aromatic rings. The number of aryl methyl sites for hydroxylation is 1. The van der Waals surface area contributed by atoms with Gasteiger partial charge < -0.3 is 9.64 Å². The second-order valence-corrected chi connectivity index (χ2v) is 6.15. The van der Waals surface area contributed by atoms with Crippen LogP contribution in [0.4, 0.5) is 18.3 Å². The largest absolute Gasteiger partial charge is 0.473 e. The van der Waals surface area contributed by atoms with E-state index in [0.29, 0.717) is 36.9 Å². The first kappa shape index (κ1) is 16.0. The van der Waals surface area contributed by atoms with Gasteiger partial charge in [0.2, 0.25) is 5.88 Å². The molecule has 0 unspecified atom stereocenters. The predicted molar refractivity (Wildman–Crippen MR) is 79.7 cm³/mol. The third-order valence-corrected chi connectivity index (χ3v) is 4.42. The van der Waals surface area contributed by atoms with Crippen LogP contribution in [0.1, 0.15) is 24.2 Å². The highest BCUT2D eigenvalue weighted by molar-refractivity contribution is 7.13. The molecule has 1 saturated heterocycles. The van der Waals surface area contributed by atoms with Crippen molar-refractivity contribution in [1.82, 2.24) is 15.0 Å². The highest BCUT2D eigenvalue weighted by Gasteiger charge is 2.34. The van der Waals surface area contributed by atoms with Gasteiger partial charge in [-0.3, -0.25) is 4.98 Å². The van der Waals surface area contributed by atoms with Gasteiger partial charge in [-0.15, -0.1) is 11.3 Å². The quantitative estimate of drug-likeness (QED) is 0.855. The van der Waals surface area contributed by atoms with Crippen LogP contribution in [0, 0.1) is 6.92 Å². The zero-order chi connectivity index (χ0) is 16.4. The molecule has 0 N–H and O–H groups in total. The maximum atomic E-state index is 12.6. The van der Waals surface area contributed by atoms with Crippen LogP contribution < -0.4 is 9.64 Å². The van der Waals surface area contributed by atoms with E-state index in [-0.39, 0.29) is 6.10 Å². The molecule has 0 spiro atoms. The van der Waals surface area contributed by atoms with Crippen molar-refractivity contribution in [2.24, 2.45) is 0 Å². The van der Waals surface area contributed by atoms with Gasteiger partial charge >= 0.3 is 6.18 Å². The summed E-state index contributed by atoms with van der Waals surface area (Å²) in [5.74, 6) is 0.483. The summed E-state index contributed by atoms with van der Waals surface area (Å²) in [7, 11) is 0. The number of alkyl halides is 3. The van der Waals surface area contributed by atoms with E-state index >= 15 is 0 Å². The van der Waals surface area contributed by atoms with E-state index in [4.69, 9.17) is 4.74 Å². The summed E-state index contributed by atoms with van der Waals surface area (Å²) in [5, 5.41) is 1.46. The molecule has 3 heterocycles. The van der Waals surface area contributed by atoms with Gasteiger partial charge in [0.25, 0.3) is 0 Å². The number of piperidine rings is 1. The first-order chi connectivity index (χ1) is 10.9. The Kier molecular flexibility index (Phi) is 4.38. The molecule has 0 atom stereocenters. The number of rotatable bonds is 3. The van der Waals surface area contributed by atoms with Crippen molar-refractivity contribution in [3.8, 4) is 5.88 Å². The Hall–Kier alpha value is -1.90. The van der Waals surface area contributed by atoms with E-state index in [1.807, 2.05) is 11.8 Å². The molecular formula is C14H15F3N4OS. The van der Waals surface area contributed by atoms with Gasteiger partial charge in [0, 0.05) is 37.5 Å².